The molecule has 2 aromatic heterocycles. The molecule has 2 heterocycles. The van der Waals surface area contributed by atoms with E-state index < -0.39 is 5.82 Å². The molecule has 78 valence electrons. The maximum Gasteiger partial charge on any atom is 0.278 e. The largest absolute Gasteiger partial charge is 0.429 e. The van der Waals surface area contributed by atoms with Gasteiger partial charge in [0.25, 0.3) is 5.19 Å². The van der Waals surface area contributed by atoms with Crippen LogP contribution in [0.1, 0.15) is 4.88 Å². The molecule has 15 heavy (non-hydrogen) atoms. The van der Waals surface area contributed by atoms with Crippen LogP contribution in [0.15, 0.2) is 24.7 Å². The van der Waals surface area contributed by atoms with E-state index in [2.05, 4.69) is 9.97 Å². The van der Waals surface area contributed by atoms with E-state index in [9.17, 15) is 4.39 Å². The second-order valence-corrected chi connectivity index (χ2v) is 4.01. The monoisotopic (exact) mass is 244 g/mol. The quantitative estimate of drug-likeness (QED) is 0.778. The zero-order chi connectivity index (χ0) is 10.7. The summed E-state index contributed by atoms with van der Waals surface area (Å²) in [5, 5.41) is 0.429. The maximum absolute atomic E-state index is 12.8. The number of aromatic nitrogens is 2. The van der Waals surface area contributed by atoms with Crippen LogP contribution in [0.25, 0.3) is 0 Å². The summed E-state index contributed by atoms with van der Waals surface area (Å²) in [4.78, 5) is 8.53. The molecule has 2 rings (SSSR count). The fraction of sp³-hybridized carbons (Fsp3) is 0.111. The van der Waals surface area contributed by atoms with Gasteiger partial charge in [-0.1, -0.05) is 11.3 Å². The van der Waals surface area contributed by atoms with Gasteiger partial charge < -0.3 is 4.74 Å². The Labute approximate surface area is 94.5 Å². The highest BCUT2D eigenvalue weighted by Gasteiger charge is 2.04. The van der Waals surface area contributed by atoms with Crippen LogP contribution in [0.5, 0.6) is 10.9 Å². The number of hydrogen-bond donors (Lipinski definition) is 0. The van der Waals surface area contributed by atoms with E-state index in [0.717, 1.165) is 11.1 Å². The molecular formula is C9H6ClFN2OS. The summed E-state index contributed by atoms with van der Waals surface area (Å²) in [5.41, 5.74) is 0. The van der Waals surface area contributed by atoms with Gasteiger partial charge in [0.1, 0.15) is 5.82 Å². The van der Waals surface area contributed by atoms with Gasteiger partial charge in [-0.2, -0.15) is 0 Å². The first-order chi connectivity index (χ1) is 7.28. The number of alkyl halides is 1. The highest BCUT2D eigenvalue weighted by atomic mass is 35.5. The van der Waals surface area contributed by atoms with E-state index in [4.69, 9.17) is 16.3 Å². The molecule has 0 saturated carbocycles. The van der Waals surface area contributed by atoms with Crippen LogP contribution in [0.2, 0.25) is 0 Å². The predicted octanol–water partition coefficient (Wildman–Crippen LogP) is 3.21. The maximum atomic E-state index is 12.8. The molecule has 2 aromatic rings. The van der Waals surface area contributed by atoms with E-state index in [0.29, 0.717) is 16.8 Å². The second kappa shape index (κ2) is 4.55. The number of halogens is 2. The number of ether oxygens (including phenoxy) is 1. The molecule has 0 spiro atoms. The summed E-state index contributed by atoms with van der Waals surface area (Å²) in [6, 6.07) is 1.24. The van der Waals surface area contributed by atoms with E-state index in [1.165, 1.54) is 23.6 Å². The Hall–Kier alpha value is -1.20. The number of hydrogen-bond acceptors (Lipinski definition) is 4. The van der Waals surface area contributed by atoms with Crippen molar-refractivity contribution in [1.82, 2.24) is 9.97 Å². The minimum absolute atomic E-state index is 0.325. The average Bonchev–Trinajstić information content (AvgIpc) is 2.65. The molecule has 0 aliphatic heterocycles. The molecule has 3 nitrogen and oxygen atoms in total. The Bertz CT molecular complexity index is 463. The van der Waals surface area contributed by atoms with Crippen molar-refractivity contribution < 1.29 is 9.13 Å². The molecular weight excluding hydrogens is 239 g/mol. The van der Waals surface area contributed by atoms with Gasteiger partial charge >= 0.3 is 0 Å². The molecule has 6 heteroatoms. The van der Waals surface area contributed by atoms with Crippen molar-refractivity contribution in [3.8, 4) is 10.9 Å². The lowest BCUT2D eigenvalue weighted by Crippen LogP contribution is -1.85. The molecule has 0 saturated heterocycles. The Morgan fingerprint density at radius 2 is 2.27 bits per heavy atom. The molecule has 0 atom stereocenters. The van der Waals surface area contributed by atoms with E-state index >= 15 is 0 Å². The zero-order valence-electron chi connectivity index (χ0n) is 7.48. The highest BCUT2D eigenvalue weighted by molar-refractivity contribution is 7.13. The number of rotatable bonds is 3. The number of thiazole rings is 1. The fourth-order valence-corrected chi connectivity index (χ4v) is 1.81. The minimum atomic E-state index is -0.443. The molecule has 0 unspecified atom stereocenters. The first-order valence-electron chi connectivity index (χ1n) is 4.07. The molecule has 0 aliphatic rings. The van der Waals surface area contributed by atoms with Crippen LogP contribution in [0, 0.1) is 5.82 Å². The lowest BCUT2D eigenvalue weighted by Gasteiger charge is -1.99. The van der Waals surface area contributed by atoms with Crippen molar-refractivity contribution in [3.63, 3.8) is 0 Å². The average molecular weight is 245 g/mol. The van der Waals surface area contributed by atoms with Crippen LogP contribution in [0.4, 0.5) is 4.39 Å². The van der Waals surface area contributed by atoms with Gasteiger partial charge in [-0.25, -0.2) is 9.37 Å². The smallest absolute Gasteiger partial charge is 0.278 e. The fourth-order valence-electron chi connectivity index (χ4n) is 0.948. The molecule has 0 bridgehead atoms. The second-order valence-electron chi connectivity index (χ2n) is 2.67. The Balaban J connectivity index is 2.14. The van der Waals surface area contributed by atoms with Crippen molar-refractivity contribution >= 4 is 22.9 Å². The van der Waals surface area contributed by atoms with Gasteiger partial charge in [0.15, 0.2) is 5.75 Å². The van der Waals surface area contributed by atoms with Crippen LogP contribution in [-0.4, -0.2) is 9.97 Å². The predicted molar refractivity (Wildman–Crippen MR) is 55.9 cm³/mol. The van der Waals surface area contributed by atoms with Crippen molar-refractivity contribution in [3.05, 3.63) is 35.4 Å². The Morgan fingerprint density at radius 1 is 1.40 bits per heavy atom. The third kappa shape index (κ3) is 2.64. The van der Waals surface area contributed by atoms with Crippen LogP contribution < -0.4 is 4.74 Å². The van der Waals surface area contributed by atoms with Crippen molar-refractivity contribution in [2.24, 2.45) is 0 Å². The summed E-state index contributed by atoms with van der Waals surface area (Å²) >= 11 is 6.93. The highest BCUT2D eigenvalue weighted by Crippen LogP contribution is 2.26. The van der Waals surface area contributed by atoms with E-state index in [1.807, 2.05) is 0 Å². The standard InChI is InChI=1S/C9H6ClFN2OS/c10-2-8-5-13-9(15-8)14-7-1-6(11)3-12-4-7/h1,3-5H,2H2. The zero-order valence-corrected chi connectivity index (χ0v) is 9.06. The van der Waals surface area contributed by atoms with Crippen LogP contribution >= 0.6 is 22.9 Å². The van der Waals surface area contributed by atoms with E-state index in [1.54, 1.807) is 6.20 Å². The van der Waals surface area contributed by atoms with Gasteiger partial charge in [-0.15, -0.1) is 11.6 Å². The summed E-state index contributed by atoms with van der Waals surface area (Å²) in [6.07, 6.45) is 4.16. The summed E-state index contributed by atoms with van der Waals surface area (Å²) in [7, 11) is 0. The van der Waals surface area contributed by atoms with E-state index in [-0.39, 0.29) is 0 Å². The van der Waals surface area contributed by atoms with Crippen molar-refractivity contribution in [2.45, 2.75) is 5.88 Å². The number of nitrogens with zero attached hydrogens (tertiary/aromatic N) is 2. The Kier molecular flexibility index (Phi) is 3.13. The van der Waals surface area contributed by atoms with Gasteiger partial charge in [-0.3, -0.25) is 4.98 Å². The molecule has 0 fully saturated rings. The Morgan fingerprint density at radius 3 is 2.93 bits per heavy atom. The molecule has 0 aromatic carbocycles. The summed E-state index contributed by atoms with van der Waals surface area (Å²) < 4.78 is 18.0. The van der Waals surface area contributed by atoms with Crippen molar-refractivity contribution in [2.75, 3.05) is 0 Å². The minimum Gasteiger partial charge on any atom is -0.429 e. The van der Waals surface area contributed by atoms with Gasteiger partial charge in [0.05, 0.1) is 18.3 Å². The molecule has 0 amide bonds. The topological polar surface area (TPSA) is 35.0 Å². The van der Waals surface area contributed by atoms with Crippen LogP contribution in [0.3, 0.4) is 0 Å². The molecule has 0 aliphatic carbocycles. The third-order valence-corrected chi connectivity index (χ3v) is 2.87. The first kappa shape index (κ1) is 10.3. The third-order valence-electron chi connectivity index (χ3n) is 1.55. The van der Waals surface area contributed by atoms with Crippen molar-refractivity contribution in [1.29, 1.82) is 0 Å². The first-order valence-corrected chi connectivity index (χ1v) is 5.42. The lowest BCUT2D eigenvalue weighted by molar-refractivity contribution is 0.470. The molecule has 0 N–H and O–H groups in total. The van der Waals surface area contributed by atoms with Gasteiger partial charge in [-0.05, 0) is 0 Å². The van der Waals surface area contributed by atoms with Crippen LogP contribution in [-0.2, 0) is 5.88 Å². The SMILES string of the molecule is Fc1cncc(Oc2ncc(CCl)s2)c1. The number of pyridine rings is 1. The molecule has 0 radical (unpaired) electrons. The van der Waals surface area contributed by atoms with Gasteiger partial charge in [0, 0.05) is 17.1 Å². The lowest BCUT2D eigenvalue weighted by atomic mass is 10.4. The van der Waals surface area contributed by atoms with Gasteiger partial charge in [0.2, 0.25) is 0 Å². The normalized spacial score (nSPS) is 10.3. The summed E-state index contributed by atoms with van der Waals surface area (Å²) in [5.74, 6) is 0.273. The summed E-state index contributed by atoms with van der Waals surface area (Å²) in [6.45, 7) is 0.